The quantitative estimate of drug-likeness (QED) is 0.673. The molecule has 0 aliphatic heterocycles. The summed E-state index contributed by atoms with van der Waals surface area (Å²) in [6.45, 7) is 2.66. The Morgan fingerprint density at radius 1 is 1.29 bits per heavy atom. The molecule has 0 saturated heterocycles. The van der Waals surface area contributed by atoms with Crippen LogP contribution in [0.4, 0.5) is 5.13 Å². The molecule has 3 rings (SSSR count). The Morgan fingerprint density at radius 3 is 2.86 bits per heavy atom. The van der Waals surface area contributed by atoms with Crippen LogP contribution >= 0.6 is 11.3 Å². The van der Waals surface area contributed by atoms with Gasteiger partial charge in [0.15, 0.2) is 0 Å². The summed E-state index contributed by atoms with van der Waals surface area (Å²) in [5.41, 5.74) is 5.32. The summed E-state index contributed by atoms with van der Waals surface area (Å²) in [5, 5.41) is 5.16. The van der Waals surface area contributed by atoms with Crippen LogP contribution in [0.15, 0.2) is 29.4 Å². The van der Waals surface area contributed by atoms with Gasteiger partial charge in [-0.1, -0.05) is 0 Å². The summed E-state index contributed by atoms with van der Waals surface area (Å²) in [4.78, 5) is 6.01. The number of rotatable bonds is 5. The Labute approximate surface area is 128 Å². The Balaban J connectivity index is 1.60. The number of anilines is 1. The van der Waals surface area contributed by atoms with Gasteiger partial charge in [0.25, 0.3) is 0 Å². The SMILES string of the molecule is CCOc1ccc(C=NNc2nc3c(s2)CCCC3)cc1. The molecular weight excluding hydrogens is 282 g/mol. The largest absolute Gasteiger partial charge is 0.494 e. The lowest BCUT2D eigenvalue weighted by Crippen LogP contribution is -1.99. The lowest BCUT2D eigenvalue weighted by molar-refractivity contribution is 0.340. The zero-order valence-electron chi connectivity index (χ0n) is 12.1. The summed E-state index contributed by atoms with van der Waals surface area (Å²) in [6.07, 6.45) is 6.61. The van der Waals surface area contributed by atoms with E-state index in [1.165, 1.54) is 23.4 Å². The second-order valence-corrected chi connectivity index (χ2v) is 6.05. The van der Waals surface area contributed by atoms with Gasteiger partial charge >= 0.3 is 0 Å². The van der Waals surface area contributed by atoms with Crippen LogP contribution in [0, 0.1) is 0 Å². The molecule has 1 aromatic carbocycles. The molecule has 21 heavy (non-hydrogen) atoms. The molecule has 0 amide bonds. The fraction of sp³-hybridized carbons (Fsp3) is 0.375. The molecule has 1 aromatic heterocycles. The average molecular weight is 301 g/mol. The Kier molecular flexibility index (Phi) is 4.50. The fourth-order valence-electron chi connectivity index (χ4n) is 2.38. The molecule has 1 aliphatic carbocycles. The third kappa shape index (κ3) is 3.61. The summed E-state index contributed by atoms with van der Waals surface area (Å²) >= 11 is 1.72. The van der Waals surface area contributed by atoms with Gasteiger partial charge in [0, 0.05) is 4.88 Å². The van der Waals surface area contributed by atoms with Crippen LogP contribution in [-0.2, 0) is 12.8 Å². The second-order valence-electron chi connectivity index (χ2n) is 4.97. The molecular formula is C16H19N3OS. The van der Waals surface area contributed by atoms with Crippen molar-refractivity contribution in [2.45, 2.75) is 32.6 Å². The molecule has 0 bridgehead atoms. The van der Waals surface area contributed by atoms with Crippen LogP contribution in [0.5, 0.6) is 5.75 Å². The first kappa shape index (κ1) is 14.1. The van der Waals surface area contributed by atoms with Crippen molar-refractivity contribution in [3.8, 4) is 5.75 Å². The summed E-state index contributed by atoms with van der Waals surface area (Å²) < 4.78 is 5.41. The third-order valence-electron chi connectivity index (χ3n) is 3.41. The van der Waals surface area contributed by atoms with Crippen molar-refractivity contribution in [3.63, 3.8) is 0 Å². The number of ether oxygens (including phenoxy) is 1. The molecule has 5 heteroatoms. The van der Waals surface area contributed by atoms with Crippen LogP contribution < -0.4 is 10.2 Å². The van der Waals surface area contributed by atoms with E-state index in [2.05, 4.69) is 15.5 Å². The van der Waals surface area contributed by atoms with Crippen molar-refractivity contribution in [3.05, 3.63) is 40.4 Å². The maximum Gasteiger partial charge on any atom is 0.203 e. The zero-order valence-corrected chi connectivity index (χ0v) is 12.9. The Morgan fingerprint density at radius 2 is 2.10 bits per heavy atom. The van der Waals surface area contributed by atoms with E-state index >= 15 is 0 Å². The topological polar surface area (TPSA) is 46.5 Å². The molecule has 0 atom stereocenters. The third-order valence-corrected chi connectivity index (χ3v) is 4.47. The smallest absolute Gasteiger partial charge is 0.203 e. The molecule has 1 aliphatic rings. The van der Waals surface area contributed by atoms with Crippen molar-refractivity contribution < 1.29 is 4.74 Å². The van der Waals surface area contributed by atoms with Crippen LogP contribution in [0.1, 0.15) is 35.9 Å². The predicted octanol–water partition coefficient (Wildman–Crippen LogP) is 3.87. The van der Waals surface area contributed by atoms with Gasteiger partial charge in [-0.15, -0.1) is 11.3 Å². The summed E-state index contributed by atoms with van der Waals surface area (Å²) in [7, 11) is 0. The molecule has 4 nitrogen and oxygen atoms in total. The first-order valence-electron chi connectivity index (χ1n) is 7.35. The van der Waals surface area contributed by atoms with Crippen molar-refractivity contribution >= 4 is 22.7 Å². The molecule has 1 N–H and O–H groups in total. The normalized spacial score (nSPS) is 14.1. The number of benzene rings is 1. The standard InChI is InChI=1S/C16H19N3OS/c1-2-20-13-9-7-12(8-10-13)11-17-19-16-18-14-5-3-4-6-15(14)21-16/h7-11H,2-6H2,1H3,(H,18,19). The number of hydrogen-bond donors (Lipinski definition) is 1. The highest BCUT2D eigenvalue weighted by Crippen LogP contribution is 2.29. The van der Waals surface area contributed by atoms with Crippen LogP contribution in [0.3, 0.4) is 0 Å². The molecule has 0 fully saturated rings. The highest BCUT2D eigenvalue weighted by atomic mass is 32.1. The highest BCUT2D eigenvalue weighted by molar-refractivity contribution is 7.15. The lowest BCUT2D eigenvalue weighted by Gasteiger charge is -2.06. The highest BCUT2D eigenvalue weighted by Gasteiger charge is 2.14. The minimum Gasteiger partial charge on any atom is -0.494 e. The van der Waals surface area contributed by atoms with Gasteiger partial charge in [0.2, 0.25) is 5.13 Å². The van der Waals surface area contributed by atoms with Gasteiger partial charge in [-0.25, -0.2) is 4.98 Å². The first-order valence-corrected chi connectivity index (χ1v) is 8.17. The minimum absolute atomic E-state index is 0.684. The molecule has 110 valence electrons. The zero-order chi connectivity index (χ0) is 14.5. The number of hydrazone groups is 1. The average Bonchev–Trinajstić information content (AvgIpc) is 2.92. The van der Waals surface area contributed by atoms with E-state index in [0.29, 0.717) is 6.61 Å². The van der Waals surface area contributed by atoms with Crippen molar-refractivity contribution in [1.29, 1.82) is 0 Å². The van der Waals surface area contributed by atoms with Crippen molar-refractivity contribution in [1.82, 2.24) is 4.98 Å². The van der Waals surface area contributed by atoms with E-state index < -0.39 is 0 Å². The van der Waals surface area contributed by atoms with E-state index in [4.69, 9.17) is 4.74 Å². The molecule has 1 heterocycles. The molecule has 0 unspecified atom stereocenters. The van der Waals surface area contributed by atoms with Gasteiger partial charge in [-0.05, 0) is 62.4 Å². The lowest BCUT2D eigenvalue weighted by atomic mass is 10.0. The maximum absolute atomic E-state index is 5.41. The predicted molar refractivity (Wildman–Crippen MR) is 87.6 cm³/mol. The first-order chi connectivity index (χ1) is 10.3. The van der Waals surface area contributed by atoms with Crippen LogP contribution in [0.25, 0.3) is 0 Å². The van der Waals surface area contributed by atoms with E-state index in [9.17, 15) is 0 Å². The van der Waals surface area contributed by atoms with Crippen LogP contribution in [0.2, 0.25) is 0 Å². The van der Waals surface area contributed by atoms with Gasteiger partial charge in [-0.2, -0.15) is 5.10 Å². The summed E-state index contributed by atoms with van der Waals surface area (Å²) in [6, 6.07) is 7.88. The van der Waals surface area contributed by atoms with Gasteiger partial charge in [0.1, 0.15) is 5.75 Å². The monoisotopic (exact) mass is 301 g/mol. The Bertz CT molecular complexity index is 595. The number of nitrogens with zero attached hydrogens (tertiary/aromatic N) is 2. The molecule has 0 radical (unpaired) electrons. The second kappa shape index (κ2) is 6.72. The van der Waals surface area contributed by atoms with E-state index in [0.717, 1.165) is 29.3 Å². The number of hydrogen-bond acceptors (Lipinski definition) is 5. The van der Waals surface area contributed by atoms with E-state index in [1.54, 1.807) is 17.6 Å². The minimum atomic E-state index is 0.684. The maximum atomic E-state index is 5.41. The summed E-state index contributed by atoms with van der Waals surface area (Å²) in [5.74, 6) is 0.884. The molecule has 2 aromatic rings. The number of aryl methyl sites for hydroxylation is 2. The number of fused-ring (bicyclic) bond motifs is 1. The van der Waals surface area contributed by atoms with Crippen molar-refractivity contribution in [2.24, 2.45) is 5.10 Å². The number of aromatic nitrogens is 1. The fourth-order valence-corrected chi connectivity index (χ4v) is 3.38. The Hall–Kier alpha value is -1.88. The van der Waals surface area contributed by atoms with E-state index in [1.807, 2.05) is 31.2 Å². The molecule has 0 spiro atoms. The van der Waals surface area contributed by atoms with Crippen molar-refractivity contribution in [2.75, 3.05) is 12.0 Å². The van der Waals surface area contributed by atoms with Gasteiger partial charge < -0.3 is 4.74 Å². The van der Waals surface area contributed by atoms with Crippen LogP contribution in [-0.4, -0.2) is 17.8 Å². The number of nitrogens with one attached hydrogen (secondary N) is 1. The molecule has 0 saturated carbocycles. The van der Waals surface area contributed by atoms with Gasteiger partial charge in [0.05, 0.1) is 18.5 Å². The van der Waals surface area contributed by atoms with Gasteiger partial charge in [-0.3, -0.25) is 5.43 Å². The van der Waals surface area contributed by atoms with E-state index in [-0.39, 0.29) is 0 Å². The number of thiazole rings is 1.